The molecular weight excluding hydrogens is 331 g/mol. The number of carbonyl (C=O) groups is 2. The van der Waals surface area contributed by atoms with Crippen molar-refractivity contribution in [3.8, 4) is 0 Å². The number of carbonyl (C=O) groups excluding carboxylic acids is 2. The van der Waals surface area contributed by atoms with Crippen molar-refractivity contribution in [2.24, 2.45) is 5.41 Å². The van der Waals surface area contributed by atoms with E-state index in [9.17, 15) is 14.0 Å². The van der Waals surface area contributed by atoms with E-state index in [0.29, 0.717) is 13.1 Å². The molecule has 0 unspecified atom stereocenters. The summed E-state index contributed by atoms with van der Waals surface area (Å²) < 4.78 is 12.9. The van der Waals surface area contributed by atoms with E-state index in [2.05, 4.69) is 5.32 Å². The molecule has 2 aromatic rings. The van der Waals surface area contributed by atoms with Gasteiger partial charge in [0.15, 0.2) is 0 Å². The van der Waals surface area contributed by atoms with E-state index in [-0.39, 0.29) is 24.2 Å². The smallest absolute Gasteiger partial charge is 0.237 e. The Morgan fingerprint density at radius 1 is 1.00 bits per heavy atom. The van der Waals surface area contributed by atoms with Crippen LogP contribution >= 0.6 is 0 Å². The summed E-state index contributed by atoms with van der Waals surface area (Å²) >= 11 is 0. The Morgan fingerprint density at radius 2 is 1.62 bits per heavy atom. The van der Waals surface area contributed by atoms with Crippen molar-refractivity contribution < 1.29 is 14.0 Å². The van der Waals surface area contributed by atoms with Gasteiger partial charge in [-0.25, -0.2) is 4.39 Å². The number of hydrogen-bond acceptors (Lipinski definition) is 2. The molecule has 1 N–H and O–H groups in total. The first-order valence-electron chi connectivity index (χ1n) is 8.70. The minimum absolute atomic E-state index is 0.222. The minimum Gasteiger partial charge on any atom is -0.351 e. The maximum absolute atomic E-state index is 12.9. The molecule has 0 heterocycles. The summed E-state index contributed by atoms with van der Waals surface area (Å²) in [7, 11) is 0. The zero-order chi connectivity index (χ0) is 19.2. The monoisotopic (exact) mass is 356 g/mol. The number of benzene rings is 2. The van der Waals surface area contributed by atoms with E-state index >= 15 is 0 Å². The van der Waals surface area contributed by atoms with Crippen LogP contribution in [0.3, 0.4) is 0 Å². The van der Waals surface area contributed by atoms with Crippen LogP contribution in [0.1, 0.15) is 31.9 Å². The predicted molar refractivity (Wildman–Crippen MR) is 99.6 cm³/mol. The number of rotatable bonds is 7. The molecule has 5 heteroatoms. The average molecular weight is 356 g/mol. The lowest BCUT2D eigenvalue weighted by atomic mass is 9.90. The molecule has 2 rings (SSSR count). The fraction of sp³-hybridized carbons (Fsp3) is 0.333. The van der Waals surface area contributed by atoms with Gasteiger partial charge in [-0.1, -0.05) is 42.5 Å². The summed E-state index contributed by atoms with van der Waals surface area (Å²) in [5, 5.41) is 2.77. The first-order valence-corrected chi connectivity index (χ1v) is 8.70. The standard InChI is InChI=1S/C21H25FN2O2/c1-4-24(15-17-8-6-5-7-9-17)20(26)21(2,3)19(25)23-14-16-10-12-18(22)13-11-16/h5-13H,4,14-15H2,1-3H3,(H,23,25). The molecule has 2 aromatic carbocycles. The Bertz CT molecular complexity index is 742. The summed E-state index contributed by atoms with van der Waals surface area (Å²) in [6, 6.07) is 15.6. The van der Waals surface area contributed by atoms with Crippen molar-refractivity contribution in [3.63, 3.8) is 0 Å². The van der Waals surface area contributed by atoms with Crippen LogP contribution in [0.5, 0.6) is 0 Å². The summed E-state index contributed by atoms with van der Waals surface area (Å²) in [5.41, 5.74) is 0.606. The molecule has 0 atom stereocenters. The lowest BCUT2D eigenvalue weighted by Gasteiger charge is -2.30. The third kappa shape index (κ3) is 4.91. The summed E-state index contributed by atoms with van der Waals surface area (Å²) in [6.45, 7) is 6.38. The van der Waals surface area contributed by atoms with Crippen molar-refractivity contribution >= 4 is 11.8 Å². The van der Waals surface area contributed by atoms with Gasteiger partial charge in [0.1, 0.15) is 11.2 Å². The Hall–Kier alpha value is -2.69. The maximum atomic E-state index is 12.9. The fourth-order valence-corrected chi connectivity index (χ4v) is 2.63. The average Bonchev–Trinajstić information content (AvgIpc) is 2.65. The zero-order valence-corrected chi connectivity index (χ0v) is 15.5. The molecule has 138 valence electrons. The van der Waals surface area contributed by atoms with Crippen LogP contribution in [-0.2, 0) is 22.7 Å². The van der Waals surface area contributed by atoms with Crippen molar-refractivity contribution in [1.82, 2.24) is 10.2 Å². The highest BCUT2D eigenvalue weighted by Crippen LogP contribution is 2.21. The fourth-order valence-electron chi connectivity index (χ4n) is 2.63. The van der Waals surface area contributed by atoms with Gasteiger partial charge in [0.2, 0.25) is 11.8 Å². The van der Waals surface area contributed by atoms with E-state index in [1.54, 1.807) is 30.9 Å². The largest absolute Gasteiger partial charge is 0.351 e. The second-order valence-corrected chi connectivity index (χ2v) is 6.74. The Morgan fingerprint density at radius 3 is 2.19 bits per heavy atom. The summed E-state index contributed by atoms with van der Waals surface area (Å²) in [6.07, 6.45) is 0. The van der Waals surface area contributed by atoms with E-state index in [4.69, 9.17) is 0 Å². The van der Waals surface area contributed by atoms with Crippen LogP contribution in [0.2, 0.25) is 0 Å². The molecule has 0 fully saturated rings. The van der Waals surface area contributed by atoms with E-state index in [1.807, 2.05) is 37.3 Å². The van der Waals surface area contributed by atoms with Gasteiger partial charge in [0, 0.05) is 19.6 Å². The number of nitrogens with zero attached hydrogens (tertiary/aromatic N) is 1. The molecule has 0 saturated heterocycles. The van der Waals surface area contributed by atoms with Crippen LogP contribution in [-0.4, -0.2) is 23.3 Å². The predicted octanol–water partition coefficient (Wildman–Crippen LogP) is 3.52. The van der Waals surface area contributed by atoms with Crippen molar-refractivity contribution in [2.45, 2.75) is 33.9 Å². The molecule has 0 aromatic heterocycles. The quantitative estimate of drug-likeness (QED) is 0.772. The molecule has 26 heavy (non-hydrogen) atoms. The number of nitrogens with one attached hydrogen (secondary N) is 1. The third-order valence-electron chi connectivity index (χ3n) is 4.35. The van der Waals surface area contributed by atoms with Crippen LogP contribution < -0.4 is 5.32 Å². The highest BCUT2D eigenvalue weighted by Gasteiger charge is 2.38. The molecule has 0 spiro atoms. The van der Waals surface area contributed by atoms with Crippen LogP contribution in [0, 0.1) is 11.2 Å². The molecule has 0 aliphatic heterocycles. The second kappa shape index (κ2) is 8.61. The summed E-state index contributed by atoms with van der Waals surface area (Å²) in [5.74, 6) is -0.895. The molecule has 2 amide bonds. The molecular formula is C21H25FN2O2. The lowest BCUT2D eigenvalue weighted by Crippen LogP contribution is -2.49. The van der Waals surface area contributed by atoms with E-state index < -0.39 is 5.41 Å². The molecule has 0 saturated carbocycles. The number of halogens is 1. The van der Waals surface area contributed by atoms with Crippen molar-refractivity contribution in [1.29, 1.82) is 0 Å². The SMILES string of the molecule is CCN(Cc1ccccc1)C(=O)C(C)(C)C(=O)NCc1ccc(F)cc1. The van der Waals surface area contributed by atoms with Gasteiger partial charge < -0.3 is 10.2 Å². The van der Waals surface area contributed by atoms with Crippen LogP contribution in [0.4, 0.5) is 4.39 Å². The third-order valence-corrected chi connectivity index (χ3v) is 4.35. The molecule has 0 aliphatic rings. The van der Waals surface area contributed by atoms with Gasteiger partial charge in [-0.15, -0.1) is 0 Å². The Balaban J connectivity index is 2.01. The highest BCUT2D eigenvalue weighted by molar-refractivity contribution is 6.04. The summed E-state index contributed by atoms with van der Waals surface area (Å²) in [4.78, 5) is 27.2. The van der Waals surface area contributed by atoms with Crippen molar-refractivity contribution in [3.05, 3.63) is 71.5 Å². The van der Waals surface area contributed by atoms with E-state index in [1.165, 1.54) is 12.1 Å². The normalized spacial score (nSPS) is 11.1. The Kier molecular flexibility index (Phi) is 6.50. The first kappa shape index (κ1) is 19.6. The van der Waals surface area contributed by atoms with Gasteiger partial charge >= 0.3 is 0 Å². The first-order chi connectivity index (χ1) is 12.3. The number of amides is 2. The van der Waals surface area contributed by atoms with Gasteiger partial charge in [0.25, 0.3) is 0 Å². The van der Waals surface area contributed by atoms with Crippen LogP contribution in [0.25, 0.3) is 0 Å². The maximum Gasteiger partial charge on any atom is 0.237 e. The van der Waals surface area contributed by atoms with Crippen molar-refractivity contribution in [2.75, 3.05) is 6.54 Å². The topological polar surface area (TPSA) is 49.4 Å². The molecule has 0 bridgehead atoms. The lowest BCUT2D eigenvalue weighted by molar-refractivity contribution is -0.149. The second-order valence-electron chi connectivity index (χ2n) is 6.74. The minimum atomic E-state index is -1.19. The Labute approximate surface area is 154 Å². The van der Waals surface area contributed by atoms with Gasteiger partial charge in [-0.05, 0) is 44.0 Å². The highest BCUT2D eigenvalue weighted by atomic mass is 19.1. The molecule has 4 nitrogen and oxygen atoms in total. The van der Waals surface area contributed by atoms with Gasteiger partial charge in [-0.2, -0.15) is 0 Å². The van der Waals surface area contributed by atoms with Gasteiger partial charge in [0.05, 0.1) is 0 Å². The van der Waals surface area contributed by atoms with Gasteiger partial charge in [-0.3, -0.25) is 9.59 Å². The zero-order valence-electron chi connectivity index (χ0n) is 15.5. The molecule has 0 radical (unpaired) electrons. The van der Waals surface area contributed by atoms with Crippen LogP contribution in [0.15, 0.2) is 54.6 Å². The van der Waals surface area contributed by atoms with E-state index in [0.717, 1.165) is 11.1 Å². The number of hydrogen-bond donors (Lipinski definition) is 1. The molecule has 0 aliphatic carbocycles.